The second-order valence-electron chi connectivity index (χ2n) is 4.50. The first-order valence-corrected chi connectivity index (χ1v) is 7.83. The second-order valence-corrected chi connectivity index (χ2v) is 6.27. The Morgan fingerprint density at radius 1 is 1.38 bits per heavy atom. The molecule has 1 aromatic carbocycles. The summed E-state index contributed by atoms with van der Waals surface area (Å²) in [5.41, 5.74) is -0.0408. The third kappa shape index (κ3) is 4.96. The molecule has 0 aromatic heterocycles. The van der Waals surface area contributed by atoms with Crippen molar-refractivity contribution in [3.63, 3.8) is 0 Å². The van der Waals surface area contributed by atoms with Crippen molar-refractivity contribution in [1.82, 2.24) is 4.72 Å². The summed E-state index contributed by atoms with van der Waals surface area (Å²) in [5.74, 6) is 0. The number of benzene rings is 1. The number of sulfonamides is 1. The van der Waals surface area contributed by atoms with Crippen molar-refractivity contribution in [2.24, 2.45) is 0 Å². The molecule has 118 valence electrons. The predicted molar refractivity (Wildman–Crippen MR) is 78.9 cm³/mol. The summed E-state index contributed by atoms with van der Waals surface area (Å²) in [6, 6.07) is 3.58. The van der Waals surface area contributed by atoms with Crippen LogP contribution in [0.15, 0.2) is 23.1 Å². The lowest BCUT2D eigenvalue weighted by molar-refractivity contribution is -0.384. The molecule has 0 amide bonds. The SMILES string of the molecule is CNc1cc(S(=O)(=O)NCCOC(C)C)ccc1[N+](=O)[O-]. The summed E-state index contributed by atoms with van der Waals surface area (Å²) in [7, 11) is -2.24. The van der Waals surface area contributed by atoms with E-state index in [1.807, 2.05) is 13.8 Å². The highest BCUT2D eigenvalue weighted by atomic mass is 32.2. The zero-order chi connectivity index (χ0) is 16.0. The quantitative estimate of drug-likeness (QED) is 0.425. The number of nitro groups is 1. The molecular weight excluding hydrogens is 298 g/mol. The van der Waals surface area contributed by atoms with E-state index in [1.54, 1.807) is 0 Å². The zero-order valence-corrected chi connectivity index (χ0v) is 12.9. The highest BCUT2D eigenvalue weighted by molar-refractivity contribution is 7.89. The topological polar surface area (TPSA) is 111 Å². The maximum absolute atomic E-state index is 12.1. The molecule has 9 heteroatoms. The minimum Gasteiger partial charge on any atom is -0.383 e. The van der Waals surface area contributed by atoms with Gasteiger partial charge in [-0.25, -0.2) is 13.1 Å². The maximum atomic E-state index is 12.1. The van der Waals surface area contributed by atoms with Gasteiger partial charge in [-0.2, -0.15) is 0 Å². The summed E-state index contributed by atoms with van der Waals surface area (Å²) >= 11 is 0. The van der Waals surface area contributed by atoms with Gasteiger partial charge in [0.15, 0.2) is 0 Å². The van der Waals surface area contributed by atoms with Gasteiger partial charge in [-0.3, -0.25) is 10.1 Å². The van der Waals surface area contributed by atoms with Crippen LogP contribution in [0.25, 0.3) is 0 Å². The van der Waals surface area contributed by atoms with Gasteiger partial charge in [0.2, 0.25) is 10.0 Å². The third-order valence-electron chi connectivity index (χ3n) is 2.59. The fourth-order valence-corrected chi connectivity index (χ4v) is 2.63. The second kappa shape index (κ2) is 7.34. The van der Waals surface area contributed by atoms with E-state index in [4.69, 9.17) is 4.74 Å². The number of nitrogens with zero attached hydrogens (tertiary/aromatic N) is 1. The Bertz CT molecular complexity index is 601. The van der Waals surface area contributed by atoms with E-state index in [-0.39, 0.29) is 35.5 Å². The van der Waals surface area contributed by atoms with Crippen LogP contribution in [0.5, 0.6) is 0 Å². The Hall–Kier alpha value is -1.71. The van der Waals surface area contributed by atoms with Crippen LogP contribution in [0.4, 0.5) is 11.4 Å². The minimum atomic E-state index is -3.73. The standard InChI is InChI=1S/C12H19N3O5S/c1-9(2)20-7-6-14-21(18,19)10-4-5-12(15(16)17)11(8-10)13-3/h4-5,8-9,13-14H,6-7H2,1-3H3. The number of nitro benzene ring substituents is 1. The van der Waals surface area contributed by atoms with E-state index in [0.717, 1.165) is 6.07 Å². The largest absolute Gasteiger partial charge is 0.383 e. The lowest BCUT2D eigenvalue weighted by Gasteiger charge is -2.10. The number of hydrogen-bond donors (Lipinski definition) is 2. The molecule has 0 aliphatic rings. The number of rotatable bonds is 8. The van der Waals surface area contributed by atoms with Crippen LogP contribution >= 0.6 is 0 Å². The average Bonchev–Trinajstić information content (AvgIpc) is 2.42. The molecule has 0 saturated heterocycles. The molecule has 0 atom stereocenters. The summed E-state index contributed by atoms with van der Waals surface area (Å²) in [6.45, 7) is 4.09. The van der Waals surface area contributed by atoms with Crippen LogP contribution in [-0.2, 0) is 14.8 Å². The van der Waals surface area contributed by atoms with Gasteiger partial charge in [-0.05, 0) is 26.0 Å². The molecule has 1 aromatic rings. The molecule has 8 nitrogen and oxygen atoms in total. The van der Waals surface area contributed by atoms with Crippen molar-refractivity contribution in [3.05, 3.63) is 28.3 Å². The number of ether oxygens (including phenoxy) is 1. The van der Waals surface area contributed by atoms with Gasteiger partial charge in [-0.15, -0.1) is 0 Å². The highest BCUT2D eigenvalue weighted by Crippen LogP contribution is 2.26. The smallest absolute Gasteiger partial charge is 0.292 e. The number of anilines is 1. The Labute approximate surface area is 123 Å². The molecule has 0 saturated carbocycles. The zero-order valence-electron chi connectivity index (χ0n) is 12.1. The van der Waals surface area contributed by atoms with Crippen LogP contribution in [-0.4, -0.2) is 39.6 Å². The number of hydrogen-bond acceptors (Lipinski definition) is 6. The summed E-state index contributed by atoms with van der Waals surface area (Å²) in [5, 5.41) is 13.4. The molecule has 1 rings (SSSR count). The Kier molecular flexibility index (Phi) is 6.06. The molecule has 21 heavy (non-hydrogen) atoms. The van der Waals surface area contributed by atoms with Crippen molar-refractivity contribution >= 4 is 21.4 Å². The number of nitrogens with one attached hydrogen (secondary N) is 2. The normalized spacial score (nSPS) is 11.6. The average molecular weight is 317 g/mol. The van der Waals surface area contributed by atoms with Crippen molar-refractivity contribution in [2.75, 3.05) is 25.5 Å². The van der Waals surface area contributed by atoms with Gasteiger partial charge >= 0.3 is 0 Å². The van der Waals surface area contributed by atoms with E-state index in [9.17, 15) is 18.5 Å². The molecule has 0 unspecified atom stereocenters. The summed E-state index contributed by atoms with van der Waals surface area (Å²) in [4.78, 5) is 10.2. The summed E-state index contributed by atoms with van der Waals surface area (Å²) < 4.78 is 31.7. The fraction of sp³-hybridized carbons (Fsp3) is 0.500. The van der Waals surface area contributed by atoms with E-state index in [2.05, 4.69) is 10.0 Å². The van der Waals surface area contributed by atoms with Crippen LogP contribution in [0.1, 0.15) is 13.8 Å². The van der Waals surface area contributed by atoms with Gasteiger partial charge in [0.05, 0.1) is 22.5 Å². The first kappa shape index (κ1) is 17.3. The predicted octanol–water partition coefficient (Wildman–Crippen LogP) is 1.34. The molecule has 0 fully saturated rings. The van der Waals surface area contributed by atoms with Crippen LogP contribution < -0.4 is 10.0 Å². The van der Waals surface area contributed by atoms with Gasteiger partial charge in [0, 0.05) is 19.7 Å². The Morgan fingerprint density at radius 3 is 2.57 bits per heavy atom. The Balaban J connectivity index is 2.86. The lowest BCUT2D eigenvalue weighted by atomic mass is 10.3. The van der Waals surface area contributed by atoms with Crippen LogP contribution in [0.2, 0.25) is 0 Å². The molecule has 0 heterocycles. The Morgan fingerprint density at radius 2 is 2.05 bits per heavy atom. The highest BCUT2D eigenvalue weighted by Gasteiger charge is 2.19. The molecular formula is C12H19N3O5S. The fourth-order valence-electron chi connectivity index (χ4n) is 1.60. The van der Waals surface area contributed by atoms with Crippen molar-refractivity contribution in [2.45, 2.75) is 24.8 Å². The van der Waals surface area contributed by atoms with Crippen molar-refractivity contribution in [3.8, 4) is 0 Å². The van der Waals surface area contributed by atoms with Gasteiger partial charge in [0.25, 0.3) is 5.69 Å². The van der Waals surface area contributed by atoms with E-state index >= 15 is 0 Å². The van der Waals surface area contributed by atoms with Crippen molar-refractivity contribution in [1.29, 1.82) is 0 Å². The summed E-state index contributed by atoms with van der Waals surface area (Å²) in [6.07, 6.45) is 0.0183. The molecule has 0 aliphatic heterocycles. The first-order valence-electron chi connectivity index (χ1n) is 6.35. The molecule has 0 spiro atoms. The van der Waals surface area contributed by atoms with Gasteiger partial charge < -0.3 is 10.1 Å². The van der Waals surface area contributed by atoms with Gasteiger partial charge in [-0.1, -0.05) is 0 Å². The lowest BCUT2D eigenvalue weighted by Crippen LogP contribution is -2.28. The van der Waals surface area contributed by atoms with Crippen LogP contribution in [0.3, 0.4) is 0 Å². The first-order chi connectivity index (χ1) is 9.77. The van der Waals surface area contributed by atoms with Crippen molar-refractivity contribution < 1.29 is 18.1 Å². The van der Waals surface area contributed by atoms with E-state index in [0.29, 0.717) is 0 Å². The van der Waals surface area contributed by atoms with Crippen LogP contribution in [0, 0.1) is 10.1 Å². The van der Waals surface area contributed by atoms with E-state index < -0.39 is 14.9 Å². The third-order valence-corrected chi connectivity index (χ3v) is 4.05. The maximum Gasteiger partial charge on any atom is 0.292 e. The van der Waals surface area contributed by atoms with Gasteiger partial charge in [0.1, 0.15) is 5.69 Å². The monoisotopic (exact) mass is 317 g/mol. The molecule has 0 aliphatic carbocycles. The molecule has 0 bridgehead atoms. The van der Waals surface area contributed by atoms with E-state index in [1.165, 1.54) is 19.2 Å². The molecule has 2 N–H and O–H groups in total. The minimum absolute atomic E-state index is 0.0183. The molecule has 0 radical (unpaired) electrons.